The van der Waals surface area contributed by atoms with Crippen LogP contribution < -0.4 is 5.32 Å². The summed E-state index contributed by atoms with van der Waals surface area (Å²) in [6.45, 7) is 3.99. The molecule has 0 aliphatic carbocycles. The van der Waals surface area contributed by atoms with E-state index in [1.54, 1.807) is 35.6 Å². The third kappa shape index (κ3) is 4.72. The van der Waals surface area contributed by atoms with E-state index in [9.17, 15) is 9.59 Å². The van der Waals surface area contributed by atoms with Crippen LogP contribution in [-0.2, 0) is 6.54 Å². The molecule has 1 fully saturated rings. The molecule has 5 nitrogen and oxygen atoms in total. The highest BCUT2D eigenvalue weighted by Gasteiger charge is 2.24. The average Bonchev–Trinajstić information content (AvgIpc) is 3.28. The molecule has 3 aromatic rings. The Morgan fingerprint density at radius 2 is 1.62 bits per heavy atom. The molecule has 2 aromatic carbocycles. The number of rotatable bonds is 5. The van der Waals surface area contributed by atoms with Gasteiger partial charge in [-0.2, -0.15) is 11.3 Å². The van der Waals surface area contributed by atoms with Gasteiger partial charge < -0.3 is 10.2 Å². The van der Waals surface area contributed by atoms with Gasteiger partial charge in [0.25, 0.3) is 11.8 Å². The van der Waals surface area contributed by atoms with Gasteiger partial charge in [0.2, 0.25) is 0 Å². The van der Waals surface area contributed by atoms with Gasteiger partial charge in [0.05, 0.1) is 11.3 Å². The van der Waals surface area contributed by atoms with E-state index >= 15 is 0 Å². The van der Waals surface area contributed by atoms with Crippen LogP contribution in [0.4, 0.5) is 5.69 Å². The molecule has 4 rings (SSSR count). The third-order valence-electron chi connectivity index (χ3n) is 5.09. The molecule has 1 aromatic heterocycles. The van der Waals surface area contributed by atoms with E-state index in [4.69, 9.17) is 0 Å². The number of anilines is 1. The van der Waals surface area contributed by atoms with Crippen molar-refractivity contribution >= 4 is 28.8 Å². The van der Waals surface area contributed by atoms with Gasteiger partial charge in [-0.25, -0.2) is 0 Å². The van der Waals surface area contributed by atoms with Crippen molar-refractivity contribution in [1.29, 1.82) is 0 Å². The predicted molar refractivity (Wildman–Crippen MR) is 116 cm³/mol. The zero-order valence-corrected chi connectivity index (χ0v) is 16.9. The Bertz CT molecular complexity index is 965. The first-order chi connectivity index (χ1) is 14.2. The van der Waals surface area contributed by atoms with Crippen molar-refractivity contribution in [1.82, 2.24) is 9.80 Å². The fourth-order valence-electron chi connectivity index (χ4n) is 3.48. The van der Waals surface area contributed by atoms with Crippen molar-refractivity contribution in [3.05, 3.63) is 88.1 Å². The molecule has 1 saturated heterocycles. The van der Waals surface area contributed by atoms with E-state index in [1.165, 1.54) is 5.56 Å². The number of nitrogens with one attached hydrogen (secondary N) is 1. The number of amides is 2. The molecule has 0 saturated carbocycles. The molecule has 0 atom stereocenters. The van der Waals surface area contributed by atoms with Crippen molar-refractivity contribution in [2.75, 3.05) is 31.5 Å². The maximum atomic E-state index is 13.1. The van der Waals surface area contributed by atoms with Crippen molar-refractivity contribution in [2.45, 2.75) is 6.54 Å². The van der Waals surface area contributed by atoms with Gasteiger partial charge in [-0.3, -0.25) is 14.5 Å². The van der Waals surface area contributed by atoms with E-state index in [2.05, 4.69) is 27.0 Å². The summed E-state index contributed by atoms with van der Waals surface area (Å²) in [5.41, 5.74) is 2.97. The molecule has 148 valence electrons. The second kappa shape index (κ2) is 9.03. The Labute approximate surface area is 174 Å². The second-order valence-corrected chi connectivity index (χ2v) is 7.85. The molecular weight excluding hydrogens is 382 g/mol. The molecule has 0 spiro atoms. The lowest BCUT2D eigenvalue weighted by molar-refractivity contribution is 0.0629. The van der Waals surface area contributed by atoms with Crippen LogP contribution in [0.15, 0.2) is 71.4 Å². The Morgan fingerprint density at radius 1 is 0.897 bits per heavy atom. The quantitative estimate of drug-likeness (QED) is 0.699. The van der Waals surface area contributed by atoms with Crippen LogP contribution in [0.5, 0.6) is 0 Å². The number of carbonyl (C=O) groups is 2. The number of nitrogens with zero attached hydrogens (tertiary/aromatic N) is 2. The van der Waals surface area contributed by atoms with E-state index < -0.39 is 0 Å². The number of hydrogen-bond donors (Lipinski definition) is 1. The van der Waals surface area contributed by atoms with E-state index in [0.717, 1.165) is 19.6 Å². The Kier molecular flexibility index (Phi) is 6.03. The van der Waals surface area contributed by atoms with Crippen LogP contribution in [0, 0.1) is 0 Å². The van der Waals surface area contributed by atoms with Crippen molar-refractivity contribution < 1.29 is 9.59 Å². The summed E-state index contributed by atoms with van der Waals surface area (Å²) in [5, 5.41) is 7.15. The number of thiophene rings is 1. The summed E-state index contributed by atoms with van der Waals surface area (Å²) in [4.78, 5) is 29.9. The van der Waals surface area contributed by atoms with Gasteiger partial charge in [0.15, 0.2) is 0 Å². The van der Waals surface area contributed by atoms with Crippen molar-refractivity contribution in [3.8, 4) is 0 Å². The fourth-order valence-corrected chi connectivity index (χ4v) is 4.14. The van der Waals surface area contributed by atoms with Gasteiger partial charge >= 0.3 is 0 Å². The van der Waals surface area contributed by atoms with Gasteiger partial charge in [0, 0.05) is 38.3 Å². The summed E-state index contributed by atoms with van der Waals surface area (Å²) in [6, 6.07) is 18.4. The van der Waals surface area contributed by atoms with Crippen LogP contribution in [0.1, 0.15) is 26.3 Å². The number of benzene rings is 2. The van der Waals surface area contributed by atoms with Gasteiger partial charge in [-0.1, -0.05) is 30.3 Å². The molecule has 29 heavy (non-hydrogen) atoms. The number of para-hydroxylation sites is 1. The lowest BCUT2D eigenvalue weighted by Crippen LogP contribution is -2.48. The average molecular weight is 406 g/mol. The maximum absolute atomic E-state index is 13.1. The monoisotopic (exact) mass is 405 g/mol. The minimum Gasteiger partial charge on any atom is -0.336 e. The molecular formula is C23H23N3O2S. The molecule has 2 heterocycles. The molecule has 0 bridgehead atoms. The van der Waals surface area contributed by atoms with Crippen molar-refractivity contribution in [2.24, 2.45) is 0 Å². The topological polar surface area (TPSA) is 52.7 Å². The van der Waals surface area contributed by atoms with Gasteiger partial charge in [-0.05, 0) is 46.7 Å². The van der Waals surface area contributed by atoms with E-state index in [0.29, 0.717) is 29.9 Å². The Morgan fingerprint density at radius 3 is 2.34 bits per heavy atom. The molecule has 0 radical (unpaired) electrons. The largest absolute Gasteiger partial charge is 0.336 e. The predicted octanol–water partition coefficient (Wildman–Crippen LogP) is 3.96. The van der Waals surface area contributed by atoms with Crippen LogP contribution in [0.2, 0.25) is 0 Å². The summed E-state index contributed by atoms with van der Waals surface area (Å²) in [7, 11) is 0. The number of carbonyl (C=O) groups excluding carboxylic acids is 2. The number of piperazine rings is 1. The SMILES string of the molecule is O=C(Nc1ccccc1C(=O)N1CCN(Cc2ccsc2)CC1)c1ccccc1. The highest BCUT2D eigenvalue weighted by molar-refractivity contribution is 7.07. The molecule has 2 amide bonds. The van der Waals surface area contributed by atoms with E-state index in [-0.39, 0.29) is 11.8 Å². The summed E-state index contributed by atoms with van der Waals surface area (Å²) in [6.07, 6.45) is 0. The van der Waals surface area contributed by atoms with Crippen LogP contribution >= 0.6 is 11.3 Å². The minimum atomic E-state index is -0.216. The third-order valence-corrected chi connectivity index (χ3v) is 5.82. The lowest BCUT2D eigenvalue weighted by atomic mass is 10.1. The molecule has 1 aliphatic heterocycles. The summed E-state index contributed by atoms with van der Waals surface area (Å²) < 4.78 is 0. The smallest absolute Gasteiger partial charge is 0.256 e. The van der Waals surface area contributed by atoms with Crippen molar-refractivity contribution in [3.63, 3.8) is 0 Å². The zero-order valence-electron chi connectivity index (χ0n) is 16.1. The first kappa shape index (κ1) is 19.4. The van der Waals surface area contributed by atoms with Crippen LogP contribution in [0.3, 0.4) is 0 Å². The fraction of sp³-hybridized carbons (Fsp3) is 0.217. The normalized spacial score (nSPS) is 14.6. The summed E-state index contributed by atoms with van der Waals surface area (Å²) >= 11 is 1.71. The van der Waals surface area contributed by atoms with Gasteiger partial charge in [0.1, 0.15) is 0 Å². The lowest BCUT2D eigenvalue weighted by Gasteiger charge is -2.35. The Balaban J connectivity index is 1.41. The summed E-state index contributed by atoms with van der Waals surface area (Å²) in [5.74, 6) is -0.254. The maximum Gasteiger partial charge on any atom is 0.256 e. The first-order valence-corrected chi connectivity index (χ1v) is 10.6. The highest BCUT2D eigenvalue weighted by Crippen LogP contribution is 2.20. The first-order valence-electron chi connectivity index (χ1n) is 9.69. The second-order valence-electron chi connectivity index (χ2n) is 7.07. The zero-order chi connectivity index (χ0) is 20.1. The minimum absolute atomic E-state index is 0.0378. The Hall–Kier alpha value is -2.96. The number of hydrogen-bond acceptors (Lipinski definition) is 4. The highest BCUT2D eigenvalue weighted by atomic mass is 32.1. The molecule has 1 N–H and O–H groups in total. The van der Waals surface area contributed by atoms with Gasteiger partial charge in [-0.15, -0.1) is 0 Å². The molecule has 0 unspecified atom stereocenters. The van der Waals surface area contributed by atoms with E-state index in [1.807, 2.05) is 35.2 Å². The molecule has 6 heteroatoms. The van der Waals surface area contributed by atoms with Crippen LogP contribution in [0.25, 0.3) is 0 Å². The standard InChI is InChI=1S/C23H23N3O2S/c27-22(19-6-2-1-3-7-19)24-21-9-5-4-8-20(21)23(28)26-13-11-25(12-14-26)16-18-10-15-29-17-18/h1-10,15,17H,11-14,16H2,(H,24,27). The molecule has 1 aliphatic rings. The van der Waals surface area contributed by atoms with Crippen LogP contribution in [-0.4, -0.2) is 47.8 Å².